The molecule has 2 amide bonds. The Hall–Kier alpha value is -1.60. The number of nitrogens with one attached hydrogen (secondary N) is 1. The number of benzene rings is 1. The van der Waals surface area contributed by atoms with Gasteiger partial charge in [-0.15, -0.1) is 0 Å². The monoisotopic (exact) mass is 325 g/mol. The van der Waals surface area contributed by atoms with Gasteiger partial charge in [-0.3, -0.25) is 0 Å². The minimum Gasteiger partial charge on any atom is -0.331 e. The van der Waals surface area contributed by atoms with E-state index in [9.17, 15) is 13.2 Å². The first-order chi connectivity index (χ1) is 10.4. The van der Waals surface area contributed by atoms with Gasteiger partial charge in [0.25, 0.3) is 0 Å². The lowest BCUT2D eigenvalue weighted by Crippen LogP contribution is -2.41. The van der Waals surface area contributed by atoms with Crippen molar-refractivity contribution in [2.24, 2.45) is 5.14 Å². The Morgan fingerprint density at radius 2 is 1.86 bits per heavy atom. The molecule has 1 fully saturated rings. The Labute approximate surface area is 131 Å². The molecule has 0 aromatic heterocycles. The summed E-state index contributed by atoms with van der Waals surface area (Å²) in [6, 6.07) is 5.98. The molecule has 1 aromatic rings. The fourth-order valence-corrected chi connectivity index (χ4v) is 3.16. The topological polar surface area (TPSA) is 92.5 Å². The highest BCUT2D eigenvalue weighted by Crippen LogP contribution is 2.17. The van der Waals surface area contributed by atoms with Gasteiger partial charge in [0.15, 0.2) is 0 Å². The van der Waals surface area contributed by atoms with Crippen LogP contribution in [0.1, 0.15) is 44.2 Å². The molecule has 1 aliphatic rings. The Kier molecular flexibility index (Phi) is 5.42. The van der Waals surface area contributed by atoms with E-state index in [0.29, 0.717) is 0 Å². The van der Waals surface area contributed by atoms with Crippen molar-refractivity contribution >= 4 is 16.1 Å². The summed E-state index contributed by atoms with van der Waals surface area (Å²) in [4.78, 5) is 14.2. The van der Waals surface area contributed by atoms with Crippen molar-refractivity contribution in [3.63, 3.8) is 0 Å². The lowest BCUT2D eigenvalue weighted by atomic mass is 10.1. The second-order valence-corrected chi connectivity index (χ2v) is 7.25. The molecule has 7 heteroatoms. The minimum atomic E-state index is -3.74. The fourth-order valence-electron chi connectivity index (χ4n) is 2.59. The average Bonchev–Trinajstić information content (AvgIpc) is 2.75. The van der Waals surface area contributed by atoms with Gasteiger partial charge in [0.2, 0.25) is 10.0 Å². The minimum absolute atomic E-state index is 0.0564. The zero-order valence-electron chi connectivity index (χ0n) is 12.8. The summed E-state index contributed by atoms with van der Waals surface area (Å²) in [5.74, 6) is 0. The third kappa shape index (κ3) is 4.45. The van der Waals surface area contributed by atoms with Crippen LogP contribution in [0.3, 0.4) is 0 Å². The van der Waals surface area contributed by atoms with Crippen molar-refractivity contribution in [1.29, 1.82) is 0 Å². The van der Waals surface area contributed by atoms with Gasteiger partial charge >= 0.3 is 6.03 Å². The van der Waals surface area contributed by atoms with Crippen LogP contribution in [0.5, 0.6) is 0 Å². The van der Waals surface area contributed by atoms with Gasteiger partial charge in [-0.2, -0.15) is 0 Å². The maximum Gasteiger partial charge on any atom is 0.317 e. The highest BCUT2D eigenvalue weighted by atomic mass is 32.2. The molecule has 1 heterocycles. The van der Waals surface area contributed by atoms with E-state index in [2.05, 4.69) is 5.32 Å². The van der Waals surface area contributed by atoms with Crippen LogP contribution in [-0.2, 0) is 10.0 Å². The number of amides is 2. The Morgan fingerprint density at radius 3 is 2.45 bits per heavy atom. The Morgan fingerprint density at radius 1 is 1.23 bits per heavy atom. The molecule has 1 aromatic carbocycles. The van der Waals surface area contributed by atoms with Crippen molar-refractivity contribution in [1.82, 2.24) is 10.2 Å². The number of likely N-dealkylation sites (tertiary alicyclic amines) is 1. The summed E-state index contributed by atoms with van der Waals surface area (Å²) in [5, 5.41) is 8.06. The van der Waals surface area contributed by atoms with Crippen LogP contribution in [-0.4, -0.2) is 32.4 Å². The van der Waals surface area contributed by atoms with Crippen LogP contribution in [0.15, 0.2) is 29.2 Å². The van der Waals surface area contributed by atoms with Gasteiger partial charge in [0.1, 0.15) is 0 Å². The largest absolute Gasteiger partial charge is 0.331 e. The number of hydrogen-bond donors (Lipinski definition) is 2. The van der Waals surface area contributed by atoms with Crippen LogP contribution in [0.2, 0.25) is 0 Å². The fraction of sp³-hybridized carbons (Fsp3) is 0.533. The molecular weight excluding hydrogens is 302 g/mol. The van der Waals surface area contributed by atoms with Gasteiger partial charge in [-0.05, 0) is 37.5 Å². The van der Waals surface area contributed by atoms with E-state index in [1.165, 1.54) is 12.1 Å². The molecule has 2 rings (SSSR count). The first kappa shape index (κ1) is 16.8. The number of carbonyl (C=O) groups excluding carboxylic acids is 1. The standard InChI is InChI=1S/C15H23N3O3S/c1-12(13-7-6-8-14(11-13)22(16,20)21)17-15(19)18-9-4-2-3-5-10-18/h6-8,11-12H,2-5,9-10H2,1H3,(H,17,19)(H2,16,20,21)/t12-/m0/s1. The summed E-state index contributed by atoms with van der Waals surface area (Å²) in [7, 11) is -3.74. The SMILES string of the molecule is C[C@H](NC(=O)N1CCCCCC1)c1cccc(S(N)(=O)=O)c1. The average molecular weight is 325 g/mol. The maximum absolute atomic E-state index is 12.3. The van der Waals surface area contributed by atoms with E-state index in [1.807, 2.05) is 11.8 Å². The number of rotatable bonds is 3. The normalized spacial score (nSPS) is 17.6. The number of hydrogen-bond acceptors (Lipinski definition) is 3. The third-order valence-corrected chi connectivity index (χ3v) is 4.83. The van der Waals surface area contributed by atoms with Gasteiger partial charge in [-0.1, -0.05) is 25.0 Å². The summed E-state index contributed by atoms with van der Waals surface area (Å²) < 4.78 is 22.8. The van der Waals surface area contributed by atoms with Crippen LogP contribution >= 0.6 is 0 Å². The molecule has 1 aliphatic heterocycles. The smallest absolute Gasteiger partial charge is 0.317 e. The summed E-state index contributed by atoms with van der Waals surface area (Å²) in [5.41, 5.74) is 0.717. The number of carbonyl (C=O) groups is 1. The van der Waals surface area contributed by atoms with E-state index in [1.54, 1.807) is 12.1 Å². The molecule has 1 atom stereocenters. The van der Waals surface area contributed by atoms with Crippen molar-refractivity contribution in [3.05, 3.63) is 29.8 Å². The van der Waals surface area contributed by atoms with Crippen molar-refractivity contribution in [3.8, 4) is 0 Å². The first-order valence-corrected chi connectivity index (χ1v) is 9.11. The highest BCUT2D eigenvalue weighted by molar-refractivity contribution is 7.89. The van der Waals surface area contributed by atoms with Crippen LogP contribution in [0.25, 0.3) is 0 Å². The molecule has 0 bridgehead atoms. The van der Waals surface area contributed by atoms with Crippen LogP contribution in [0, 0.1) is 0 Å². The second-order valence-electron chi connectivity index (χ2n) is 5.69. The number of nitrogens with zero attached hydrogens (tertiary/aromatic N) is 1. The van der Waals surface area contributed by atoms with Crippen LogP contribution < -0.4 is 10.5 Å². The van der Waals surface area contributed by atoms with Gasteiger partial charge in [0, 0.05) is 13.1 Å². The Bertz CT molecular complexity index is 623. The third-order valence-electron chi connectivity index (χ3n) is 3.92. The lowest BCUT2D eigenvalue weighted by molar-refractivity contribution is 0.196. The first-order valence-electron chi connectivity index (χ1n) is 7.56. The molecule has 0 unspecified atom stereocenters. The van der Waals surface area contributed by atoms with E-state index in [-0.39, 0.29) is 17.0 Å². The zero-order valence-corrected chi connectivity index (χ0v) is 13.6. The van der Waals surface area contributed by atoms with Gasteiger partial charge < -0.3 is 10.2 Å². The number of nitrogens with two attached hydrogens (primary N) is 1. The summed E-state index contributed by atoms with van der Waals surface area (Å²) >= 11 is 0. The maximum atomic E-state index is 12.3. The zero-order chi connectivity index (χ0) is 16.2. The molecule has 1 saturated heterocycles. The van der Waals surface area contributed by atoms with E-state index in [4.69, 9.17) is 5.14 Å². The molecule has 6 nitrogen and oxygen atoms in total. The number of primary sulfonamides is 1. The van der Waals surface area contributed by atoms with Gasteiger partial charge in [-0.25, -0.2) is 18.4 Å². The molecule has 0 saturated carbocycles. The molecule has 0 spiro atoms. The summed E-state index contributed by atoms with van der Waals surface area (Å²) in [6.07, 6.45) is 4.39. The van der Waals surface area contributed by atoms with Crippen LogP contribution in [0.4, 0.5) is 4.79 Å². The molecule has 122 valence electrons. The predicted octanol–water partition coefficient (Wildman–Crippen LogP) is 1.98. The molecule has 0 aliphatic carbocycles. The molecule has 0 radical (unpaired) electrons. The van der Waals surface area contributed by atoms with E-state index >= 15 is 0 Å². The van der Waals surface area contributed by atoms with Crippen molar-refractivity contribution in [2.45, 2.75) is 43.5 Å². The Balaban J connectivity index is 2.05. The molecular formula is C15H23N3O3S. The second kappa shape index (κ2) is 7.11. The number of urea groups is 1. The quantitative estimate of drug-likeness (QED) is 0.890. The lowest BCUT2D eigenvalue weighted by Gasteiger charge is -2.24. The molecule has 3 N–H and O–H groups in total. The van der Waals surface area contributed by atoms with E-state index in [0.717, 1.165) is 44.3 Å². The van der Waals surface area contributed by atoms with Crippen molar-refractivity contribution < 1.29 is 13.2 Å². The predicted molar refractivity (Wildman–Crippen MR) is 84.8 cm³/mol. The number of sulfonamides is 1. The molecule has 22 heavy (non-hydrogen) atoms. The highest BCUT2D eigenvalue weighted by Gasteiger charge is 2.18. The van der Waals surface area contributed by atoms with Gasteiger partial charge in [0.05, 0.1) is 10.9 Å². The summed E-state index contributed by atoms with van der Waals surface area (Å²) in [6.45, 7) is 3.38. The van der Waals surface area contributed by atoms with Crippen molar-refractivity contribution in [2.75, 3.05) is 13.1 Å². The van der Waals surface area contributed by atoms with E-state index < -0.39 is 10.0 Å².